The highest BCUT2D eigenvalue weighted by atomic mass is 32.1. The third-order valence-electron chi connectivity index (χ3n) is 4.57. The minimum absolute atomic E-state index is 0.108. The van der Waals surface area contributed by atoms with Crippen LogP contribution in [0.5, 0.6) is 0 Å². The van der Waals surface area contributed by atoms with Crippen molar-refractivity contribution < 1.29 is 19.5 Å². The van der Waals surface area contributed by atoms with Crippen LogP contribution in [-0.2, 0) is 9.59 Å². The number of carbonyl (C=O) groups is 3. The number of aromatic nitrogens is 2. The molecular weight excluding hydrogens is 396 g/mol. The second-order valence-corrected chi connectivity index (χ2v) is 7.19. The van der Waals surface area contributed by atoms with Crippen LogP contribution in [0.1, 0.15) is 29.0 Å². The predicted molar refractivity (Wildman–Crippen MR) is 108 cm³/mol. The smallest absolute Gasteiger partial charge is 0.315 e. The molecule has 150 valence electrons. The lowest BCUT2D eigenvalue weighted by atomic mass is 9.70. The summed E-state index contributed by atoms with van der Waals surface area (Å²) in [6.45, 7) is 1.31. The molecule has 10 nitrogen and oxygen atoms in total. The Morgan fingerprint density at radius 2 is 2.10 bits per heavy atom. The largest absolute Gasteiger partial charge is 0.481 e. The van der Waals surface area contributed by atoms with Crippen molar-refractivity contribution in [1.29, 1.82) is 0 Å². The van der Waals surface area contributed by atoms with Crippen LogP contribution in [0.4, 0.5) is 5.13 Å². The zero-order valence-corrected chi connectivity index (χ0v) is 16.1. The summed E-state index contributed by atoms with van der Waals surface area (Å²) in [6.07, 6.45) is 6.07. The molecule has 1 aliphatic rings. The van der Waals surface area contributed by atoms with Gasteiger partial charge in [-0.2, -0.15) is 4.99 Å². The highest BCUT2D eigenvalue weighted by molar-refractivity contribution is 7.13. The van der Waals surface area contributed by atoms with Crippen LogP contribution in [0.25, 0.3) is 0 Å². The first-order valence-corrected chi connectivity index (χ1v) is 9.34. The highest BCUT2D eigenvalue weighted by Gasteiger charge is 2.52. The summed E-state index contributed by atoms with van der Waals surface area (Å²) < 4.78 is 0. The molecule has 0 spiro atoms. The highest BCUT2D eigenvalue weighted by Crippen LogP contribution is 2.42. The van der Waals surface area contributed by atoms with Crippen molar-refractivity contribution in [3.63, 3.8) is 0 Å². The lowest BCUT2D eigenvalue weighted by Gasteiger charge is -2.34. The maximum absolute atomic E-state index is 13.2. The number of nitrogens with two attached hydrogens (primary N) is 2. The molecule has 0 radical (unpaired) electrons. The fraction of sp³-hybridized carbons (Fsp3) is 0.222. The van der Waals surface area contributed by atoms with Gasteiger partial charge >= 0.3 is 5.97 Å². The van der Waals surface area contributed by atoms with E-state index in [1.165, 1.54) is 24.6 Å². The van der Waals surface area contributed by atoms with Gasteiger partial charge in [0.2, 0.25) is 5.13 Å². The first-order valence-electron chi connectivity index (χ1n) is 8.46. The number of allylic oxidation sites excluding steroid dienone is 1. The fourth-order valence-corrected chi connectivity index (χ4v) is 4.02. The second-order valence-electron chi connectivity index (χ2n) is 6.35. The Bertz CT molecular complexity index is 1020. The molecule has 0 fully saturated rings. The van der Waals surface area contributed by atoms with Crippen molar-refractivity contribution in [3.05, 3.63) is 47.2 Å². The summed E-state index contributed by atoms with van der Waals surface area (Å²) in [5, 5.41) is 11.5. The first kappa shape index (κ1) is 20.1. The zero-order valence-electron chi connectivity index (χ0n) is 15.3. The summed E-state index contributed by atoms with van der Waals surface area (Å²) in [5.41, 5.74) is 9.39. The van der Waals surface area contributed by atoms with Gasteiger partial charge in [-0.25, -0.2) is 4.98 Å². The predicted octanol–water partition coefficient (Wildman–Crippen LogP) is 1.01. The average molecular weight is 414 g/mol. The van der Waals surface area contributed by atoms with Gasteiger partial charge in [0.1, 0.15) is 17.2 Å². The quantitative estimate of drug-likeness (QED) is 0.215. The molecule has 0 aromatic carbocycles. The van der Waals surface area contributed by atoms with E-state index in [1.807, 2.05) is 0 Å². The summed E-state index contributed by atoms with van der Waals surface area (Å²) >= 11 is 0.991. The number of Topliss-reactive ketones (excluding diaryl/α,β-unsaturated/α-hetero) is 2. The van der Waals surface area contributed by atoms with Gasteiger partial charge in [-0.05, 0) is 31.2 Å². The third kappa shape index (κ3) is 3.72. The monoisotopic (exact) mass is 414 g/mol. The summed E-state index contributed by atoms with van der Waals surface area (Å²) in [6, 6.07) is 3.27. The SMILES string of the molecule is CC(=O)C1(C(c2ccc[nH]2)C(C(=O)O)C(=O)c2csc(N=C(N)N)n2)C=CC=N1. The molecule has 6 N–H and O–H groups in total. The van der Waals surface area contributed by atoms with Crippen molar-refractivity contribution in [3.8, 4) is 0 Å². The van der Waals surface area contributed by atoms with E-state index in [0.29, 0.717) is 5.69 Å². The van der Waals surface area contributed by atoms with E-state index < -0.39 is 29.1 Å². The van der Waals surface area contributed by atoms with E-state index in [4.69, 9.17) is 11.5 Å². The Morgan fingerprint density at radius 3 is 2.62 bits per heavy atom. The van der Waals surface area contributed by atoms with Gasteiger partial charge in [0.05, 0.1) is 5.92 Å². The van der Waals surface area contributed by atoms with E-state index in [-0.39, 0.29) is 22.6 Å². The molecule has 0 saturated heterocycles. The van der Waals surface area contributed by atoms with E-state index >= 15 is 0 Å². The molecular formula is C18H18N6O4S. The number of rotatable bonds is 8. The topological polar surface area (TPSA) is 177 Å². The van der Waals surface area contributed by atoms with E-state index in [0.717, 1.165) is 11.3 Å². The number of carboxylic acids is 1. The normalized spacial score (nSPS) is 19.6. The number of carboxylic acid groups (broad SMARTS) is 1. The Hall–Kier alpha value is -3.60. The van der Waals surface area contributed by atoms with Crippen LogP contribution >= 0.6 is 11.3 Å². The summed E-state index contributed by atoms with van der Waals surface area (Å²) in [7, 11) is 0. The number of ketones is 2. The van der Waals surface area contributed by atoms with Crippen molar-refractivity contribution >= 4 is 46.2 Å². The molecule has 3 heterocycles. The first-order chi connectivity index (χ1) is 13.8. The van der Waals surface area contributed by atoms with Crippen molar-refractivity contribution in [2.45, 2.75) is 18.4 Å². The molecule has 11 heteroatoms. The Morgan fingerprint density at radius 1 is 1.34 bits per heavy atom. The number of carbonyl (C=O) groups excluding carboxylic acids is 2. The van der Waals surface area contributed by atoms with Crippen LogP contribution in [-0.4, -0.2) is 50.3 Å². The minimum Gasteiger partial charge on any atom is -0.481 e. The third-order valence-corrected chi connectivity index (χ3v) is 5.31. The molecule has 0 amide bonds. The second kappa shape index (κ2) is 7.80. The minimum atomic E-state index is -1.63. The molecule has 2 aromatic rings. The van der Waals surface area contributed by atoms with Gasteiger partial charge in [0.25, 0.3) is 0 Å². The molecule has 3 rings (SSSR count). The van der Waals surface area contributed by atoms with Crippen molar-refractivity contribution in [2.24, 2.45) is 27.4 Å². The van der Waals surface area contributed by atoms with Gasteiger partial charge in [-0.1, -0.05) is 0 Å². The van der Waals surface area contributed by atoms with Crippen LogP contribution in [0.15, 0.2) is 45.8 Å². The Kier molecular flexibility index (Phi) is 5.41. The van der Waals surface area contributed by atoms with Crippen LogP contribution < -0.4 is 11.5 Å². The zero-order chi connectivity index (χ0) is 21.2. The average Bonchev–Trinajstić information content (AvgIpc) is 3.39. The number of H-pyrrole nitrogens is 1. The Labute approximate surface area is 169 Å². The molecule has 29 heavy (non-hydrogen) atoms. The van der Waals surface area contributed by atoms with Crippen LogP contribution in [0, 0.1) is 5.92 Å². The van der Waals surface area contributed by atoms with E-state index in [2.05, 4.69) is 20.0 Å². The number of aromatic amines is 1. The number of thiazole rings is 1. The molecule has 2 aromatic heterocycles. The van der Waals surface area contributed by atoms with Crippen LogP contribution in [0.2, 0.25) is 0 Å². The molecule has 3 atom stereocenters. The van der Waals surface area contributed by atoms with Gasteiger partial charge in [-0.15, -0.1) is 11.3 Å². The molecule has 0 aliphatic carbocycles. The lowest BCUT2D eigenvalue weighted by Crippen LogP contribution is -2.47. The van der Waals surface area contributed by atoms with E-state index in [1.54, 1.807) is 24.4 Å². The summed E-state index contributed by atoms with van der Waals surface area (Å²) in [4.78, 5) is 53.0. The maximum Gasteiger partial charge on any atom is 0.315 e. The number of hydrogen-bond donors (Lipinski definition) is 4. The standard InChI is InChI=1S/C18H18N6O4S/c1-9(25)18(5-3-7-22-18)13(10-4-2-6-21-10)12(15(27)28)14(26)11-8-29-17(23-11)24-16(19)20/h2-8,12-13,21H,1H3,(H,27,28)(H4,19,20,23,24). The lowest BCUT2D eigenvalue weighted by molar-refractivity contribution is -0.141. The molecule has 0 bridgehead atoms. The van der Waals surface area contributed by atoms with Crippen molar-refractivity contribution in [2.75, 3.05) is 0 Å². The number of aliphatic imine (C=N–C) groups is 2. The fourth-order valence-electron chi connectivity index (χ4n) is 3.32. The van der Waals surface area contributed by atoms with Gasteiger partial charge in [0.15, 0.2) is 17.5 Å². The molecule has 1 aliphatic heterocycles. The molecule has 0 saturated carbocycles. The Balaban J connectivity index is 2.12. The number of aliphatic carboxylic acids is 1. The number of nitrogens with one attached hydrogen (secondary N) is 1. The van der Waals surface area contributed by atoms with Gasteiger partial charge in [-0.3, -0.25) is 19.4 Å². The number of guanidine groups is 1. The van der Waals surface area contributed by atoms with Crippen molar-refractivity contribution in [1.82, 2.24) is 9.97 Å². The van der Waals surface area contributed by atoms with Gasteiger partial charge < -0.3 is 21.6 Å². The number of hydrogen-bond acceptors (Lipinski definition) is 7. The number of nitrogens with zero attached hydrogens (tertiary/aromatic N) is 3. The molecule has 3 unspecified atom stereocenters. The van der Waals surface area contributed by atoms with E-state index in [9.17, 15) is 19.5 Å². The maximum atomic E-state index is 13.2. The van der Waals surface area contributed by atoms with Gasteiger partial charge in [0, 0.05) is 23.5 Å². The van der Waals surface area contributed by atoms with Crippen LogP contribution in [0.3, 0.4) is 0 Å². The summed E-state index contributed by atoms with van der Waals surface area (Å²) in [5.74, 6) is -5.54.